The molecule has 5 heterocycles. The van der Waals surface area contributed by atoms with E-state index in [1.54, 1.807) is 0 Å². The highest BCUT2D eigenvalue weighted by Gasteiger charge is 2.58. The number of hydrogen-bond donors (Lipinski definition) is 1. The van der Waals surface area contributed by atoms with Crippen LogP contribution >= 0.6 is 0 Å². The first-order chi connectivity index (χ1) is 16.2. The van der Waals surface area contributed by atoms with Gasteiger partial charge >= 0.3 is 12.2 Å². The van der Waals surface area contributed by atoms with Gasteiger partial charge in [-0.05, 0) is 31.7 Å². The monoisotopic (exact) mass is 477 g/mol. The maximum atomic E-state index is 12.9. The van der Waals surface area contributed by atoms with E-state index in [0.717, 1.165) is 39.0 Å². The number of halogens is 3. The van der Waals surface area contributed by atoms with Crippen molar-refractivity contribution < 1.29 is 22.5 Å². The van der Waals surface area contributed by atoms with E-state index in [9.17, 15) is 18.0 Å². The molecule has 2 aromatic rings. The lowest BCUT2D eigenvalue weighted by Gasteiger charge is -2.63. The highest BCUT2D eigenvalue weighted by molar-refractivity contribution is 5.77. The number of likely N-dealkylation sites (tertiary alicyclic amines) is 3. The third-order valence-electron chi connectivity index (χ3n) is 8.26. The van der Waals surface area contributed by atoms with Gasteiger partial charge in [0.1, 0.15) is 0 Å². The minimum Gasteiger partial charge on any atom is -0.338 e. The summed E-state index contributed by atoms with van der Waals surface area (Å²) in [5, 5.41) is 10.7. The Bertz CT molecular complexity index is 1110. The van der Waals surface area contributed by atoms with Gasteiger partial charge in [0.05, 0.1) is 12.2 Å². The Morgan fingerprint density at radius 2 is 1.74 bits per heavy atom. The van der Waals surface area contributed by atoms with Crippen LogP contribution in [0.5, 0.6) is 0 Å². The first-order valence-corrected chi connectivity index (χ1v) is 11.9. The lowest BCUT2D eigenvalue weighted by atomic mass is 9.57. The molecule has 2 spiro atoms. The highest BCUT2D eigenvalue weighted by atomic mass is 19.4. The number of carbonyl (C=O) groups is 1. The maximum Gasteiger partial charge on any atom is 0.455 e. The molecule has 5 aliphatic rings. The molecule has 1 N–H and O–H groups in total. The van der Waals surface area contributed by atoms with Crippen LogP contribution < -0.4 is 0 Å². The van der Waals surface area contributed by atoms with E-state index in [4.69, 9.17) is 4.52 Å². The standard InChI is InChI=1S/C22H26F3N7O2/c23-22(24,25)18-26-17(34-29-18)6-30-7-21(8-30)11-32(12-21)19(33)31-9-20(10-31)4-14(5-20)16-3-15(27-28-16)13-1-2-13/h3,13-14H,1-2,4-12H2,(H,27,28). The van der Waals surface area contributed by atoms with E-state index in [0.29, 0.717) is 24.9 Å². The van der Waals surface area contributed by atoms with Crippen molar-refractivity contribution >= 4 is 6.03 Å². The predicted octanol–water partition coefficient (Wildman–Crippen LogP) is 2.81. The first-order valence-electron chi connectivity index (χ1n) is 11.9. The van der Waals surface area contributed by atoms with E-state index < -0.39 is 12.0 Å². The number of urea groups is 1. The Kier molecular flexibility index (Phi) is 4.10. The number of H-pyrrole nitrogens is 1. The van der Waals surface area contributed by atoms with E-state index in [2.05, 4.69) is 26.4 Å². The zero-order chi connectivity index (χ0) is 23.3. The first kappa shape index (κ1) is 20.7. The molecule has 3 saturated heterocycles. The van der Waals surface area contributed by atoms with Crippen molar-refractivity contribution in [3.05, 3.63) is 29.2 Å². The Hall–Kier alpha value is -2.63. The normalized spacial score (nSPS) is 25.7. The maximum absolute atomic E-state index is 12.9. The zero-order valence-electron chi connectivity index (χ0n) is 18.6. The van der Waals surface area contributed by atoms with Crippen molar-refractivity contribution in [2.45, 2.75) is 50.2 Å². The summed E-state index contributed by atoms with van der Waals surface area (Å²) >= 11 is 0. The largest absolute Gasteiger partial charge is 0.455 e. The van der Waals surface area contributed by atoms with Crippen molar-refractivity contribution in [1.82, 2.24) is 35.0 Å². The molecule has 0 radical (unpaired) electrons. The van der Waals surface area contributed by atoms with Gasteiger partial charge in [-0.1, -0.05) is 5.16 Å². The molecular weight excluding hydrogens is 451 g/mol. The molecule has 7 rings (SSSR count). The summed E-state index contributed by atoms with van der Waals surface area (Å²) in [6.45, 7) is 4.70. The highest BCUT2D eigenvalue weighted by Crippen LogP contribution is 2.56. The molecule has 5 fully saturated rings. The van der Waals surface area contributed by atoms with Crippen molar-refractivity contribution in [3.8, 4) is 0 Å². The molecule has 2 amide bonds. The minimum absolute atomic E-state index is 0.0299. The Morgan fingerprint density at radius 1 is 1.06 bits per heavy atom. The van der Waals surface area contributed by atoms with Crippen molar-refractivity contribution in [2.24, 2.45) is 10.8 Å². The average Bonchev–Trinajstić information content (AvgIpc) is 3.19. The number of nitrogens with one attached hydrogen (secondary N) is 1. The molecular formula is C22H26F3N7O2. The van der Waals surface area contributed by atoms with E-state index in [-0.39, 0.29) is 29.3 Å². The number of amides is 2. The molecule has 3 aliphatic heterocycles. The summed E-state index contributed by atoms with van der Waals surface area (Å²) in [5.74, 6) is -0.0654. The van der Waals surface area contributed by atoms with Gasteiger partial charge in [0, 0.05) is 67.6 Å². The Morgan fingerprint density at radius 3 is 2.35 bits per heavy atom. The van der Waals surface area contributed by atoms with Crippen LogP contribution in [0, 0.1) is 10.8 Å². The van der Waals surface area contributed by atoms with E-state index >= 15 is 0 Å². The van der Waals surface area contributed by atoms with Gasteiger partial charge in [-0.3, -0.25) is 10.00 Å². The number of aromatic amines is 1. The van der Waals surface area contributed by atoms with Crippen LogP contribution in [-0.2, 0) is 12.7 Å². The van der Waals surface area contributed by atoms with Gasteiger partial charge in [0.15, 0.2) is 0 Å². The molecule has 182 valence electrons. The molecule has 0 unspecified atom stereocenters. The van der Waals surface area contributed by atoms with Crippen molar-refractivity contribution in [2.75, 3.05) is 39.3 Å². The third-order valence-corrected chi connectivity index (χ3v) is 8.26. The molecule has 0 bridgehead atoms. The van der Waals surface area contributed by atoms with Gasteiger partial charge in [-0.2, -0.15) is 23.3 Å². The van der Waals surface area contributed by atoms with Gasteiger partial charge in [0.2, 0.25) is 5.89 Å². The fourth-order valence-corrected chi connectivity index (χ4v) is 6.46. The van der Waals surface area contributed by atoms with Gasteiger partial charge in [-0.15, -0.1) is 0 Å². The predicted molar refractivity (Wildman–Crippen MR) is 111 cm³/mol. The fourth-order valence-electron chi connectivity index (χ4n) is 6.46. The van der Waals surface area contributed by atoms with Crippen molar-refractivity contribution in [1.29, 1.82) is 0 Å². The van der Waals surface area contributed by atoms with Crippen LogP contribution in [0.4, 0.5) is 18.0 Å². The summed E-state index contributed by atoms with van der Waals surface area (Å²) in [7, 11) is 0. The van der Waals surface area contributed by atoms with Crippen LogP contribution in [0.3, 0.4) is 0 Å². The average molecular weight is 477 g/mol. The number of alkyl halides is 3. The topological polar surface area (TPSA) is 94.4 Å². The molecule has 0 aromatic carbocycles. The number of nitrogens with zero attached hydrogens (tertiary/aromatic N) is 6. The van der Waals surface area contributed by atoms with E-state index in [1.165, 1.54) is 24.2 Å². The zero-order valence-corrected chi connectivity index (χ0v) is 18.6. The molecule has 2 aromatic heterocycles. The summed E-state index contributed by atoms with van der Waals surface area (Å²) < 4.78 is 42.5. The van der Waals surface area contributed by atoms with Crippen LogP contribution in [-0.4, -0.2) is 80.3 Å². The summed E-state index contributed by atoms with van der Waals surface area (Å²) in [6.07, 6.45) is 0.156. The number of rotatable bonds is 4. The van der Waals surface area contributed by atoms with Crippen LogP contribution in [0.15, 0.2) is 10.6 Å². The summed E-state index contributed by atoms with van der Waals surface area (Å²) in [6, 6.07) is 2.35. The Balaban J connectivity index is 0.844. The molecule has 9 nitrogen and oxygen atoms in total. The second kappa shape index (κ2) is 6.73. The number of hydrogen-bond acceptors (Lipinski definition) is 6. The van der Waals surface area contributed by atoms with Gasteiger partial charge in [0.25, 0.3) is 5.82 Å². The minimum atomic E-state index is -4.60. The summed E-state index contributed by atoms with van der Waals surface area (Å²) in [5.41, 5.74) is 2.79. The third kappa shape index (κ3) is 3.32. The van der Waals surface area contributed by atoms with E-state index in [1.807, 2.05) is 14.7 Å². The van der Waals surface area contributed by atoms with Crippen LogP contribution in [0.1, 0.15) is 60.6 Å². The summed E-state index contributed by atoms with van der Waals surface area (Å²) in [4.78, 5) is 22.1. The number of aromatic nitrogens is 4. The molecule has 0 atom stereocenters. The van der Waals surface area contributed by atoms with Crippen LogP contribution in [0.25, 0.3) is 0 Å². The fraction of sp³-hybridized carbons (Fsp3) is 0.727. The van der Waals surface area contributed by atoms with Gasteiger partial charge in [-0.25, -0.2) is 4.79 Å². The van der Waals surface area contributed by atoms with Gasteiger partial charge < -0.3 is 14.3 Å². The lowest BCUT2D eigenvalue weighted by molar-refractivity contribution is -0.146. The second-order valence-electron chi connectivity index (χ2n) is 11.3. The van der Waals surface area contributed by atoms with Crippen molar-refractivity contribution in [3.63, 3.8) is 0 Å². The Labute approximate surface area is 193 Å². The second-order valence-corrected chi connectivity index (χ2v) is 11.3. The smallest absolute Gasteiger partial charge is 0.338 e. The molecule has 2 aliphatic carbocycles. The molecule has 2 saturated carbocycles. The molecule has 34 heavy (non-hydrogen) atoms. The lowest BCUT2D eigenvalue weighted by Crippen LogP contribution is -2.75. The molecule has 12 heteroatoms. The quantitative estimate of drug-likeness (QED) is 0.728. The van der Waals surface area contributed by atoms with Crippen LogP contribution in [0.2, 0.25) is 0 Å². The SMILES string of the molecule is O=C(N1CC2(CC(c3cc(C4CC4)[nH]n3)C2)C1)N1CC2(CN(Cc3nc(C(F)(F)F)no3)C2)C1. The number of carbonyl (C=O) groups excluding carboxylic acids is 1.